The molecule has 0 fully saturated rings. The third-order valence-electron chi connectivity index (χ3n) is 3.65. The number of rotatable bonds is 7. The first-order chi connectivity index (χ1) is 10.2. The van der Waals surface area contributed by atoms with Gasteiger partial charge in [0, 0.05) is 25.0 Å². The van der Waals surface area contributed by atoms with E-state index >= 15 is 0 Å². The summed E-state index contributed by atoms with van der Waals surface area (Å²) in [6.07, 6.45) is 5.87. The van der Waals surface area contributed by atoms with E-state index in [9.17, 15) is 4.79 Å². The third kappa shape index (κ3) is 4.90. The van der Waals surface area contributed by atoms with Gasteiger partial charge in [0.05, 0.1) is 6.61 Å². The highest BCUT2D eigenvalue weighted by molar-refractivity contribution is 5.76. The first-order valence-electron chi connectivity index (χ1n) is 7.46. The zero-order chi connectivity index (χ0) is 15.1. The Hall–Kier alpha value is -1.81. The van der Waals surface area contributed by atoms with Gasteiger partial charge in [0.1, 0.15) is 5.75 Å². The largest absolute Gasteiger partial charge is 0.493 e. The molecule has 1 aromatic rings. The second kappa shape index (κ2) is 7.84. The Morgan fingerprint density at radius 3 is 2.90 bits per heavy atom. The Balaban J connectivity index is 1.62. The molecule has 2 rings (SSSR count). The van der Waals surface area contributed by atoms with Crippen molar-refractivity contribution in [2.75, 3.05) is 13.2 Å². The molecule has 2 atom stereocenters. The van der Waals surface area contributed by atoms with E-state index in [1.807, 2.05) is 43.3 Å². The number of aryl methyl sites for hydroxylation is 1. The van der Waals surface area contributed by atoms with Gasteiger partial charge in [-0.25, -0.2) is 0 Å². The van der Waals surface area contributed by atoms with E-state index in [-0.39, 0.29) is 24.5 Å². The second-order valence-electron chi connectivity index (χ2n) is 5.45. The summed E-state index contributed by atoms with van der Waals surface area (Å²) in [5.74, 6) is 1.10. The molecule has 0 aliphatic heterocycles. The molecule has 0 radical (unpaired) electrons. The minimum absolute atomic E-state index is 0.0385. The molecule has 2 N–H and O–H groups in total. The fraction of sp³-hybridized carbons (Fsp3) is 0.471. The molecule has 0 saturated carbocycles. The van der Waals surface area contributed by atoms with Crippen LogP contribution in [-0.4, -0.2) is 30.3 Å². The van der Waals surface area contributed by atoms with Gasteiger partial charge in [-0.2, -0.15) is 0 Å². The standard InChI is InChI=1S/C17H23NO3/c1-13-5-2-3-6-16(13)21-10-4-7-17(20)18-15-9-8-14(11-15)12-19/h2-3,5-6,8-9,14-15,19H,4,7,10-12H2,1H3,(H,18,20)/t14-,15+/m0/s1. The third-order valence-corrected chi connectivity index (χ3v) is 3.65. The van der Waals surface area contributed by atoms with Crippen LogP contribution in [0.3, 0.4) is 0 Å². The van der Waals surface area contributed by atoms with E-state index in [0.29, 0.717) is 19.4 Å². The maximum atomic E-state index is 11.8. The molecule has 0 aromatic heterocycles. The lowest BCUT2D eigenvalue weighted by Crippen LogP contribution is -2.32. The van der Waals surface area contributed by atoms with Crippen molar-refractivity contribution in [1.82, 2.24) is 5.32 Å². The molecule has 1 amide bonds. The number of carbonyl (C=O) groups is 1. The molecule has 21 heavy (non-hydrogen) atoms. The number of para-hydroxylation sites is 1. The van der Waals surface area contributed by atoms with E-state index in [1.165, 1.54) is 0 Å². The Labute approximate surface area is 125 Å². The van der Waals surface area contributed by atoms with Crippen molar-refractivity contribution in [3.8, 4) is 5.75 Å². The average molecular weight is 289 g/mol. The van der Waals surface area contributed by atoms with Crippen LogP contribution in [0.15, 0.2) is 36.4 Å². The van der Waals surface area contributed by atoms with Crippen LogP contribution >= 0.6 is 0 Å². The second-order valence-corrected chi connectivity index (χ2v) is 5.45. The summed E-state index contributed by atoms with van der Waals surface area (Å²) in [5.41, 5.74) is 1.10. The normalized spacial score (nSPS) is 20.5. The van der Waals surface area contributed by atoms with Gasteiger partial charge in [-0.15, -0.1) is 0 Å². The highest BCUT2D eigenvalue weighted by atomic mass is 16.5. The summed E-state index contributed by atoms with van der Waals surface area (Å²) in [6.45, 7) is 2.69. The molecular weight excluding hydrogens is 266 g/mol. The van der Waals surface area contributed by atoms with E-state index in [1.54, 1.807) is 0 Å². The number of hydrogen-bond acceptors (Lipinski definition) is 3. The number of benzene rings is 1. The molecule has 114 valence electrons. The molecular formula is C17H23NO3. The van der Waals surface area contributed by atoms with Gasteiger partial charge in [-0.3, -0.25) is 4.79 Å². The van der Waals surface area contributed by atoms with Crippen LogP contribution in [0.1, 0.15) is 24.8 Å². The van der Waals surface area contributed by atoms with Crippen molar-refractivity contribution in [1.29, 1.82) is 0 Å². The monoisotopic (exact) mass is 289 g/mol. The Bertz CT molecular complexity index is 499. The number of hydrogen-bond donors (Lipinski definition) is 2. The fourth-order valence-corrected chi connectivity index (χ4v) is 2.43. The number of aliphatic hydroxyl groups excluding tert-OH is 1. The predicted octanol–water partition coefficient (Wildman–Crippen LogP) is 2.21. The maximum absolute atomic E-state index is 11.8. The number of ether oxygens (including phenoxy) is 1. The molecule has 0 saturated heterocycles. The molecule has 0 spiro atoms. The smallest absolute Gasteiger partial charge is 0.220 e. The highest BCUT2D eigenvalue weighted by Gasteiger charge is 2.19. The average Bonchev–Trinajstić information content (AvgIpc) is 2.93. The Morgan fingerprint density at radius 2 is 2.19 bits per heavy atom. The van der Waals surface area contributed by atoms with E-state index < -0.39 is 0 Å². The summed E-state index contributed by atoms with van der Waals surface area (Å²) in [7, 11) is 0. The van der Waals surface area contributed by atoms with Crippen LogP contribution in [0.4, 0.5) is 0 Å². The summed E-state index contributed by atoms with van der Waals surface area (Å²) in [5, 5.41) is 12.0. The zero-order valence-electron chi connectivity index (χ0n) is 12.4. The van der Waals surface area contributed by atoms with Crippen molar-refractivity contribution in [3.05, 3.63) is 42.0 Å². The lowest BCUT2D eigenvalue weighted by Gasteiger charge is -2.13. The van der Waals surface area contributed by atoms with Gasteiger partial charge in [-0.1, -0.05) is 30.4 Å². The van der Waals surface area contributed by atoms with Gasteiger partial charge in [0.15, 0.2) is 0 Å². The molecule has 1 aliphatic carbocycles. The number of carbonyl (C=O) groups excluding carboxylic acids is 1. The lowest BCUT2D eigenvalue weighted by atomic mass is 10.1. The van der Waals surface area contributed by atoms with Crippen LogP contribution in [0, 0.1) is 12.8 Å². The van der Waals surface area contributed by atoms with Crippen LogP contribution < -0.4 is 10.1 Å². The first kappa shape index (κ1) is 15.6. The fourth-order valence-electron chi connectivity index (χ4n) is 2.43. The lowest BCUT2D eigenvalue weighted by molar-refractivity contribution is -0.121. The number of aliphatic hydroxyl groups is 1. The van der Waals surface area contributed by atoms with E-state index in [2.05, 4.69) is 5.32 Å². The molecule has 1 aromatic carbocycles. The highest BCUT2D eigenvalue weighted by Crippen LogP contribution is 2.18. The zero-order valence-corrected chi connectivity index (χ0v) is 12.4. The molecule has 4 heteroatoms. The van der Waals surface area contributed by atoms with Crippen LogP contribution in [0.25, 0.3) is 0 Å². The van der Waals surface area contributed by atoms with Crippen LogP contribution in [-0.2, 0) is 4.79 Å². The van der Waals surface area contributed by atoms with Crippen molar-refractivity contribution >= 4 is 5.91 Å². The quantitative estimate of drug-likeness (QED) is 0.597. The first-order valence-corrected chi connectivity index (χ1v) is 7.46. The Morgan fingerprint density at radius 1 is 1.38 bits per heavy atom. The summed E-state index contributed by atoms with van der Waals surface area (Å²) in [4.78, 5) is 11.8. The summed E-state index contributed by atoms with van der Waals surface area (Å²) in [6, 6.07) is 7.93. The van der Waals surface area contributed by atoms with Gasteiger partial charge in [0.2, 0.25) is 5.91 Å². The van der Waals surface area contributed by atoms with Crippen molar-refractivity contribution in [2.45, 2.75) is 32.2 Å². The van der Waals surface area contributed by atoms with Gasteiger partial charge >= 0.3 is 0 Å². The maximum Gasteiger partial charge on any atom is 0.220 e. The van der Waals surface area contributed by atoms with Gasteiger partial charge in [-0.05, 0) is 31.4 Å². The molecule has 0 unspecified atom stereocenters. The summed E-state index contributed by atoms with van der Waals surface area (Å²) >= 11 is 0. The van der Waals surface area contributed by atoms with Crippen LogP contribution in [0.2, 0.25) is 0 Å². The minimum Gasteiger partial charge on any atom is -0.493 e. The van der Waals surface area contributed by atoms with Crippen molar-refractivity contribution < 1.29 is 14.6 Å². The molecule has 4 nitrogen and oxygen atoms in total. The number of amides is 1. The number of nitrogens with one attached hydrogen (secondary N) is 1. The van der Waals surface area contributed by atoms with Crippen LogP contribution in [0.5, 0.6) is 5.75 Å². The molecule has 1 aliphatic rings. The Kier molecular flexibility index (Phi) is 5.81. The van der Waals surface area contributed by atoms with Gasteiger partial charge < -0.3 is 15.2 Å². The predicted molar refractivity (Wildman–Crippen MR) is 82.2 cm³/mol. The van der Waals surface area contributed by atoms with E-state index in [4.69, 9.17) is 9.84 Å². The minimum atomic E-state index is 0.0385. The molecule has 0 bridgehead atoms. The molecule has 0 heterocycles. The van der Waals surface area contributed by atoms with E-state index in [0.717, 1.165) is 17.7 Å². The summed E-state index contributed by atoms with van der Waals surface area (Å²) < 4.78 is 5.66. The van der Waals surface area contributed by atoms with Crippen molar-refractivity contribution in [3.63, 3.8) is 0 Å². The SMILES string of the molecule is Cc1ccccc1OCCCC(=O)N[C@@H]1C=C[C@H](CO)C1. The van der Waals surface area contributed by atoms with Crippen molar-refractivity contribution in [2.24, 2.45) is 5.92 Å². The topological polar surface area (TPSA) is 58.6 Å². The van der Waals surface area contributed by atoms with Gasteiger partial charge in [0.25, 0.3) is 0 Å².